The second kappa shape index (κ2) is 4.83. The molecule has 1 aromatic carbocycles. The SMILES string of the molecule is Nc1cc(F)cc(S(=O)(=O)N2CCC(O)CC2)c1. The second-order valence-corrected chi connectivity index (χ2v) is 6.29. The number of nitrogens with zero attached hydrogens (tertiary/aromatic N) is 1. The lowest BCUT2D eigenvalue weighted by atomic mass is 10.1. The third-order valence-electron chi connectivity index (χ3n) is 2.95. The standard InChI is InChI=1S/C11H15FN2O3S/c12-8-5-9(13)7-11(6-8)18(16,17)14-3-1-10(15)2-4-14/h5-7,10,15H,1-4,13H2. The molecule has 0 saturated carbocycles. The highest BCUT2D eigenvalue weighted by Gasteiger charge is 2.29. The van der Waals surface area contributed by atoms with Crippen LogP contribution in [0.25, 0.3) is 0 Å². The normalized spacial score (nSPS) is 19.0. The number of sulfonamides is 1. The van der Waals surface area contributed by atoms with E-state index in [9.17, 15) is 17.9 Å². The molecule has 0 radical (unpaired) electrons. The van der Waals surface area contributed by atoms with E-state index in [0.717, 1.165) is 12.1 Å². The van der Waals surface area contributed by atoms with E-state index in [1.165, 1.54) is 10.4 Å². The predicted molar refractivity (Wildman–Crippen MR) is 64.8 cm³/mol. The maximum absolute atomic E-state index is 13.2. The number of aliphatic hydroxyl groups is 1. The fourth-order valence-electron chi connectivity index (χ4n) is 1.96. The highest BCUT2D eigenvalue weighted by molar-refractivity contribution is 7.89. The molecule has 1 aliphatic heterocycles. The number of rotatable bonds is 2. The number of hydrogen-bond donors (Lipinski definition) is 2. The van der Waals surface area contributed by atoms with Gasteiger partial charge in [0, 0.05) is 18.8 Å². The van der Waals surface area contributed by atoms with Gasteiger partial charge in [0.25, 0.3) is 0 Å². The van der Waals surface area contributed by atoms with Crippen LogP contribution in [0.15, 0.2) is 23.1 Å². The molecule has 1 aromatic rings. The first-order chi connectivity index (χ1) is 8.39. The molecule has 100 valence electrons. The first-order valence-electron chi connectivity index (χ1n) is 5.64. The molecule has 1 heterocycles. The number of aliphatic hydroxyl groups excluding tert-OH is 1. The number of anilines is 1. The summed E-state index contributed by atoms with van der Waals surface area (Å²) in [6.07, 6.45) is 0.322. The Labute approximate surface area is 105 Å². The highest BCUT2D eigenvalue weighted by atomic mass is 32.2. The van der Waals surface area contributed by atoms with Crippen molar-refractivity contribution in [2.24, 2.45) is 0 Å². The minimum atomic E-state index is -3.73. The molecule has 1 fully saturated rings. The summed E-state index contributed by atoms with van der Waals surface area (Å²) >= 11 is 0. The van der Waals surface area contributed by atoms with Crippen molar-refractivity contribution >= 4 is 15.7 Å². The molecule has 0 aromatic heterocycles. The van der Waals surface area contributed by atoms with Crippen molar-refractivity contribution < 1.29 is 17.9 Å². The molecular formula is C11H15FN2O3S. The van der Waals surface area contributed by atoms with Crippen molar-refractivity contribution in [2.75, 3.05) is 18.8 Å². The smallest absolute Gasteiger partial charge is 0.243 e. The van der Waals surface area contributed by atoms with Crippen LogP contribution in [0.4, 0.5) is 10.1 Å². The zero-order valence-electron chi connectivity index (χ0n) is 9.71. The van der Waals surface area contributed by atoms with E-state index in [2.05, 4.69) is 0 Å². The Hall–Kier alpha value is -1.18. The van der Waals surface area contributed by atoms with Crippen molar-refractivity contribution in [1.29, 1.82) is 0 Å². The van der Waals surface area contributed by atoms with Crippen LogP contribution in [0.5, 0.6) is 0 Å². The Morgan fingerprint density at radius 2 is 1.89 bits per heavy atom. The third-order valence-corrected chi connectivity index (χ3v) is 4.83. The molecule has 5 nitrogen and oxygen atoms in total. The van der Waals surface area contributed by atoms with E-state index < -0.39 is 21.9 Å². The summed E-state index contributed by atoms with van der Waals surface area (Å²) in [5.41, 5.74) is 5.52. The van der Waals surface area contributed by atoms with Crippen LogP contribution in [-0.4, -0.2) is 37.0 Å². The Morgan fingerprint density at radius 1 is 1.28 bits per heavy atom. The predicted octanol–water partition coefficient (Wildman–Crippen LogP) is 0.553. The van der Waals surface area contributed by atoms with Gasteiger partial charge in [-0.3, -0.25) is 0 Å². The molecule has 1 aliphatic rings. The summed E-state index contributed by atoms with van der Waals surface area (Å²) in [6.45, 7) is 0.472. The first-order valence-corrected chi connectivity index (χ1v) is 7.08. The van der Waals surface area contributed by atoms with Crippen LogP contribution < -0.4 is 5.73 Å². The quantitative estimate of drug-likeness (QED) is 0.772. The maximum Gasteiger partial charge on any atom is 0.243 e. The summed E-state index contributed by atoms with van der Waals surface area (Å²) < 4.78 is 38.9. The zero-order chi connectivity index (χ0) is 13.3. The van der Waals surface area contributed by atoms with Gasteiger partial charge in [0.1, 0.15) is 5.82 Å². The molecular weight excluding hydrogens is 259 g/mol. The van der Waals surface area contributed by atoms with Crippen molar-refractivity contribution in [3.63, 3.8) is 0 Å². The topological polar surface area (TPSA) is 83.6 Å². The van der Waals surface area contributed by atoms with Crippen molar-refractivity contribution in [3.8, 4) is 0 Å². The molecule has 0 amide bonds. The number of nitrogen functional groups attached to an aromatic ring is 1. The van der Waals surface area contributed by atoms with Gasteiger partial charge in [-0.15, -0.1) is 0 Å². The largest absolute Gasteiger partial charge is 0.399 e. The molecule has 1 saturated heterocycles. The molecule has 7 heteroatoms. The summed E-state index contributed by atoms with van der Waals surface area (Å²) in [6, 6.07) is 3.26. The number of benzene rings is 1. The molecule has 3 N–H and O–H groups in total. The Morgan fingerprint density at radius 3 is 2.44 bits per heavy atom. The zero-order valence-corrected chi connectivity index (χ0v) is 10.5. The highest BCUT2D eigenvalue weighted by Crippen LogP contribution is 2.23. The van der Waals surface area contributed by atoms with E-state index in [4.69, 9.17) is 5.73 Å². The van der Waals surface area contributed by atoms with Gasteiger partial charge in [-0.25, -0.2) is 12.8 Å². The van der Waals surface area contributed by atoms with E-state index >= 15 is 0 Å². The molecule has 0 spiro atoms. The molecule has 0 aliphatic carbocycles. The summed E-state index contributed by atoms with van der Waals surface area (Å²) in [5.74, 6) is -0.675. The molecule has 0 atom stereocenters. The van der Waals surface area contributed by atoms with Gasteiger partial charge in [-0.2, -0.15) is 4.31 Å². The van der Waals surface area contributed by atoms with Gasteiger partial charge in [0.2, 0.25) is 10.0 Å². The van der Waals surface area contributed by atoms with E-state index in [1.807, 2.05) is 0 Å². The number of piperidine rings is 1. The maximum atomic E-state index is 13.2. The van der Waals surface area contributed by atoms with Gasteiger partial charge in [0.15, 0.2) is 0 Å². The van der Waals surface area contributed by atoms with Crippen molar-refractivity contribution in [2.45, 2.75) is 23.8 Å². The average molecular weight is 274 g/mol. The number of halogens is 1. The monoisotopic (exact) mass is 274 g/mol. The van der Waals surface area contributed by atoms with Crippen LogP contribution in [0.3, 0.4) is 0 Å². The molecule has 0 bridgehead atoms. The van der Waals surface area contributed by atoms with Gasteiger partial charge in [-0.05, 0) is 31.0 Å². The van der Waals surface area contributed by atoms with Crippen LogP contribution >= 0.6 is 0 Å². The van der Waals surface area contributed by atoms with Crippen LogP contribution in [-0.2, 0) is 10.0 Å². The van der Waals surface area contributed by atoms with Crippen molar-refractivity contribution in [1.82, 2.24) is 4.31 Å². The lowest BCUT2D eigenvalue weighted by Gasteiger charge is -2.28. The van der Waals surface area contributed by atoms with Crippen molar-refractivity contribution in [3.05, 3.63) is 24.0 Å². The van der Waals surface area contributed by atoms with E-state index in [-0.39, 0.29) is 23.7 Å². The van der Waals surface area contributed by atoms with Crippen LogP contribution in [0.2, 0.25) is 0 Å². The Balaban J connectivity index is 2.30. The summed E-state index contributed by atoms with van der Waals surface area (Å²) in [7, 11) is -3.73. The Kier molecular flexibility index (Phi) is 3.56. The lowest BCUT2D eigenvalue weighted by molar-refractivity contribution is 0.113. The van der Waals surface area contributed by atoms with Crippen LogP contribution in [0, 0.1) is 5.82 Å². The van der Waals surface area contributed by atoms with E-state index in [1.54, 1.807) is 0 Å². The number of nitrogens with two attached hydrogens (primary N) is 1. The fraction of sp³-hybridized carbons (Fsp3) is 0.455. The van der Waals surface area contributed by atoms with Gasteiger partial charge < -0.3 is 10.8 Å². The number of hydrogen-bond acceptors (Lipinski definition) is 4. The first kappa shape index (κ1) is 13.3. The second-order valence-electron chi connectivity index (χ2n) is 4.36. The molecule has 2 rings (SSSR count). The molecule has 0 unspecified atom stereocenters. The van der Waals surface area contributed by atoms with Gasteiger partial charge >= 0.3 is 0 Å². The minimum absolute atomic E-state index is 0.0746. The summed E-state index contributed by atoms with van der Waals surface area (Å²) in [5, 5.41) is 9.35. The average Bonchev–Trinajstić information content (AvgIpc) is 2.28. The van der Waals surface area contributed by atoms with Gasteiger partial charge in [-0.1, -0.05) is 0 Å². The Bertz CT molecular complexity index is 519. The molecule has 18 heavy (non-hydrogen) atoms. The lowest BCUT2D eigenvalue weighted by Crippen LogP contribution is -2.40. The van der Waals surface area contributed by atoms with Gasteiger partial charge in [0.05, 0.1) is 11.0 Å². The summed E-state index contributed by atoms with van der Waals surface area (Å²) in [4.78, 5) is -0.142. The van der Waals surface area contributed by atoms with Crippen LogP contribution in [0.1, 0.15) is 12.8 Å². The van der Waals surface area contributed by atoms with E-state index in [0.29, 0.717) is 12.8 Å². The minimum Gasteiger partial charge on any atom is -0.399 e. The fourth-order valence-corrected chi connectivity index (χ4v) is 3.50. The third kappa shape index (κ3) is 2.63.